The van der Waals surface area contributed by atoms with Crippen LogP contribution in [-0.4, -0.2) is 31.0 Å². The third-order valence-corrected chi connectivity index (χ3v) is 4.77. The van der Waals surface area contributed by atoms with Gasteiger partial charge in [0.05, 0.1) is 39.1 Å². The molecule has 1 saturated carbocycles. The van der Waals surface area contributed by atoms with E-state index in [1.165, 1.54) is 11.1 Å². The Balaban J connectivity index is 1.45. The van der Waals surface area contributed by atoms with E-state index in [0.717, 1.165) is 17.7 Å². The second kappa shape index (κ2) is 10.3. The smallest absolute Gasteiger partial charge is 0.118 e. The summed E-state index contributed by atoms with van der Waals surface area (Å²) in [6.07, 6.45) is 4.02. The van der Waals surface area contributed by atoms with Gasteiger partial charge in [0.15, 0.2) is 0 Å². The SMILES string of the molecule is COc1ccc(CO[C@@H]2C/C(=C/COCc3ccccc3)C[C@@H](O)C2)cc1. The van der Waals surface area contributed by atoms with Gasteiger partial charge in [-0.15, -0.1) is 0 Å². The van der Waals surface area contributed by atoms with Crippen molar-refractivity contribution in [3.8, 4) is 5.75 Å². The number of ether oxygens (including phenoxy) is 3. The van der Waals surface area contributed by atoms with Crippen LogP contribution in [0.4, 0.5) is 0 Å². The molecule has 0 bridgehead atoms. The molecule has 1 N–H and O–H groups in total. The predicted octanol–water partition coefficient (Wildman–Crippen LogP) is 4.27. The van der Waals surface area contributed by atoms with Crippen LogP contribution in [0.5, 0.6) is 5.75 Å². The molecule has 0 aromatic heterocycles. The molecule has 0 radical (unpaired) electrons. The molecule has 27 heavy (non-hydrogen) atoms. The zero-order valence-electron chi connectivity index (χ0n) is 15.8. The molecule has 1 aliphatic rings. The predicted molar refractivity (Wildman–Crippen MR) is 106 cm³/mol. The van der Waals surface area contributed by atoms with Crippen molar-refractivity contribution in [2.45, 2.75) is 44.7 Å². The van der Waals surface area contributed by atoms with Crippen molar-refractivity contribution in [1.82, 2.24) is 0 Å². The van der Waals surface area contributed by atoms with Crippen molar-refractivity contribution < 1.29 is 19.3 Å². The fourth-order valence-electron chi connectivity index (χ4n) is 3.31. The van der Waals surface area contributed by atoms with Gasteiger partial charge in [0.2, 0.25) is 0 Å². The van der Waals surface area contributed by atoms with E-state index in [2.05, 4.69) is 18.2 Å². The van der Waals surface area contributed by atoms with Crippen LogP contribution in [0.15, 0.2) is 66.2 Å². The summed E-state index contributed by atoms with van der Waals surface area (Å²) in [5.74, 6) is 0.840. The maximum atomic E-state index is 10.2. The van der Waals surface area contributed by atoms with Crippen LogP contribution >= 0.6 is 0 Å². The third-order valence-electron chi connectivity index (χ3n) is 4.77. The van der Waals surface area contributed by atoms with E-state index in [0.29, 0.717) is 32.7 Å². The first kappa shape index (κ1) is 19.6. The fraction of sp³-hybridized carbons (Fsp3) is 0.391. The van der Waals surface area contributed by atoms with Gasteiger partial charge in [-0.2, -0.15) is 0 Å². The van der Waals surface area contributed by atoms with Crippen molar-refractivity contribution in [3.05, 3.63) is 77.4 Å². The van der Waals surface area contributed by atoms with Gasteiger partial charge in [-0.1, -0.05) is 54.1 Å². The second-order valence-corrected chi connectivity index (χ2v) is 6.94. The molecule has 4 nitrogen and oxygen atoms in total. The van der Waals surface area contributed by atoms with Gasteiger partial charge >= 0.3 is 0 Å². The number of rotatable bonds is 8. The molecule has 1 aliphatic carbocycles. The lowest BCUT2D eigenvalue weighted by atomic mass is 9.90. The minimum absolute atomic E-state index is 0.0382. The quantitative estimate of drug-likeness (QED) is 0.558. The number of benzene rings is 2. The Morgan fingerprint density at radius 3 is 2.44 bits per heavy atom. The van der Waals surface area contributed by atoms with E-state index in [4.69, 9.17) is 14.2 Å². The van der Waals surface area contributed by atoms with E-state index in [9.17, 15) is 5.11 Å². The van der Waals surface area contributed by atoms with Crippen molar-refractivity contribution in [1.29, 1.82) is 0 Å². The topological polar surface area (TPSA) is 47.9 Å². The monoisotopic (exact) mass is 368 g/mol. The Bertz CT molecular complexity index is 709. The van der Waals surface area contributed by atoms with Gasteiger partial charge in [0.25, 0.3) is 0 Å². The highest BCUT2D eigenvalue weighted by Crippen LogP contribution is 2.27. The first-order chi connectivity index (χ1) is 13.2. The molecule has 0 spiro atoms. The van der Waals surface area contributed by atoms with E-state index < -0.39 is 0 Å². The largest absolute Gasteiger partial charge is 0.497 e. The zero-order chi connectivity index (χ0) is 18.9. The Morgan fingerprint density at radius 2 is 1.70 bits per heavy atom. The van der Waals surface area contributed by atoms with E-state index in [1.807, 2.05) is 42.5 Å². The second-order valence-electron chi connectivity index (χ2n) is 6.94. The van der Waals surface area contributed by atoms with Crippen LogP contribution in [0, 0.1) is 0 Å². The summed E-state index contributed by atoms with van der Waals surface area (Å²) < 4.78 is 16.9. The molecule has 2 aromatic carbocycles. The van der Waals surface area contributed by atoms with Gasteiger partial charge in [0, 0.05) is 6.42 Å². The van der Waals surface area contributed by atoms with Gasteiger partial charge in [-0.25, -0.2) is 0 Å². The Kier molecular flexibility index (Phi) is 7.45. The molecule has 0 amide bonds. The zero-order valence-corrected chi connectivity index (χ0v) is 15.8. The number of aliphatic hydroxyl groups excluding tert-OH is 1. The summed E-state index contributed by atoms with van der Waals surface area (Å²) in [6, 6.07) is 18.0. The normalized spacial score (nSPS) is 21.3. The number of hydrogen-bond acceptors (Lipinski definition) is 4. The van der Waals surface area contributed by atoms with Crippen molar-refractivity contribution in [3.63, 3.8) is 0 Å². The fourth-order valence-corrected chi connectivity index (χ4v) is 3.31. The minimum atomic E-state index is -0.347. The summed E-state index contributed by atoms with van der Waals surface area (Å²) in [6.45, 7) is 1.70. The first-order valence-corrected chi connectivity index (χ1v) is 9.45. The van der Waals surface area contributed by atoms with Crippen molar-refractivity contribution in [2.24, 2.45) is 0 Å². The molecular formula is C23H28O4. The van der Waals surface area contributed by atoms with Crippen molar-refractivity contribution >= 4 is 0 Å². The van der Waals surface area contributed by atoms with E-state index in [-0.39, 0.29) is 12.2 Å². The molecule has 0 aliphatic heterocycles. The molecule has 1 fully saturated rings. The number of hydrogen-bond donors (Lipinski definition) is 1. The van der Waals surface area contributed by atoms with Gasteiger partial charge in [-0.05, 0) is 36.1 Å². The molecule has 144 valence electrons. The molecule has 3 rings (SSSR count). The summed E-state index contributed by atoms with van der Waals surface area (Å²) >= 11 is 0. The number of methoxy groups -OCH3 is 1. The average molecular weight is 368 g/mol. The number of aliphatic hydroxyl groups is 1. The molecule has 2 atom stereocenters. The summed E-state index contributed by atoms with van der Waals surface area (Å²) in [5, 5.41) is 10.2. The van der Waals surface area contributed by atoms with Gasteiger partial charge in [-0.3, -0.25) is 0 Å². The van der Waals surface area contributed by atoms with Crippen LogP contribution in [0.1, 0.15) is 30.4 Å². The maximum absolute atomic E-state index is 10.2. The summed E-state index contributed by atoms with van der Waals surface area (Å²) in [5.41, 5.74) is 3.48. The van der Waals surface area contributed by atoms with Crippen LogP contribution in [-0.2, 0) is 22.7 Å². The van der Waals surface area contributed by atoms with Gasteiger partial charge in [0.1, 0.15) is 5.75 Å². The lowest BCUT2D eigenvalue weighted by Gasteiger charge is -2.28. The van der Waals surface area contributed by atoms with Crippen LogP contribution < -0.4 is 4.74 Å². The lowest BCUT2D eigenvalue weighted by Crippen LogP contribution is -2.27. The molecule has 4 heteroatoms. The lowest BCUT2D eigenvalue weighted by molar-refractivity contribution is -0.00906. The van der Waals surface area contributed by atoms with Gasteiger partial charge < -0.3 is 19.3 Å². The standard InChI is InChI=1S/C23H28O4/c1-25-22-9-7-19(8-10-22)17-27-23-14-20(13-21(24)15-23)11-12-26-16-18-5-3-2-4-6-18/h2-11,21,23-24H,12-17H2,1H3/b20-11+/t21-,23-/m1/s1. The van der Waals surface area contributed by atoms with Crippen molar-refractivity contribution in [2.75, 3.05) is 13.7 Å². The van der Waals surface area contributed by atoms with Crippen LogP contribution in [0.3, 0.4) is 0 Å². The van der Waals surface area contributed by atoms with E-state index in [1.54, 1.807) is 7.11 Å². The highest BCUT2D eigenvalue weighted by atomic mass is 16.5. The maximum Gasteiger partial charge on any atom is 0.118 e. The van der Waals surface area contributed by atoms with E-state index >= 15 is 0 Å². The Hall–Kier alpha value is -2.14. The highest BCUT2D eigenvalue weighted by molar-refractivity contribution is 5.26. The molecule has 0 unspecified atom stereocenters. The highest BCUT2D eigenvalue weighted by Gasteiger charge is 2.24. The minimum Gasteiger partial charge on any atom is -0.497 e. The molecule has 2 aromatic rings. The Labute approximate surface area is 161 Å². The summed E-state index contributed by atoms with van der Waals surface area (Å²) in [7, 11) is 1.66. The Morgan fingerprint density at radius 1 is 0.963 bits per heavy atom. The average Bonchev–Trinajstić information content (AvgIpc) is 2.70. The summed E-state index contributed by atoms with van der Waals surface area (Å²) in [4.78, 5) is 0. The molecule has 0 heterocycles. The first-order valence-electron chi connectivity index (χ1n) is 9.45. The molecular weight excluding hydrogens is 340 g/mol. The third kappa shape index (κ3) is 6.51. The van der Waals surface area contributed by atoms with Crippen LogP contribution in [0.2, 0.25) is 0 Å². The molecule has 0 saturated heterocycles. The van der Waals surface area contributed by atoms with Crippen LogP contribution in [0.25, 0.3) is 0 Å².